The van der Waals surface area contributed by atoms with E-state index in [0.717, 1.165) is 29.7 Å². The Morgan fingerprint density at radius 2 is 1.76 bits per heavy atom. The van der Waals surface area contributed by atoms with Gasteiger partial charge in [-0.25, -0.2) is 5.56 Å². The van der Waals surface area contributed by atoms with Crippen LogP contribution in [-0.4, -0.2) is 30.1 Å². The van der Waals surface area contributed by atoms with Crippen molar-refractivity contribution in [2.24, 2.45) is 10.9 Å². The second kappa shape index (κ2) is 15.4. The quantitative estimate of drug-likeness (QED) is 0.346. The molecule has 34 heavy (non-hydrogen) atoms. The number of carbonyl (C=O) groups excluding carboxylic acids is 1. The van der Waals surface area contributed by atoms with E-state index in [9.17, 15) is 4.79 Å². The molecule has 1 fully saturated rings. The van der Waals surface area contributed by atoms with Gasteiger partial charge in [0.25, 0.3) is 0 Å². The number of aryl methyl sites for hydroxylation is 1. The molecule has 0 atom stereocenters. The van der Waals surface area contributed by atoms with E-state index in [0.29, 0.717) is 36.1 Å². The van der Waals surface area contributed by atoms with Gasteiger partial charge in [-0.2, -0.15) is 28.8 Å². The Bertz CT molecular complexity index is 1020. The van der Waals surface area contributed by atoms with Gasteiger partial charge in [-0.1, -0.05) is 71.6 Å². The maximum Gasteiger partial charge on any atom is 1.00 e. The van der Waals surface area contributed by atoms with Gasteiger partial charge in [-0.3, -0.25) is 10.9 Å². The van der Waals surface area contributed by atoms with E-state index < -0.39 is 0 Å². The Balaban J connectivity index is 0.00000188. The predicted octanol–water partition coefficient (Wildman–Crippen LogP) is 3.58. The number of benzene rings is 2. The van der Waals surface area contributed by atoms with Crippen molar-refractivity contribution in [3.63, 3.8) is 0 Å². The van der Waals surface area contributed by atoms with Crippen LogP contribution in [-0.2, 0) is 0 Å². The summed E-state index contributed by atoms with van der Waals surface area (Å²) in [6, 6.07) is 15.5. The van der Waals surface area contributed by atoms with Crippen LogP contribution in [0.4, 0.5) is 0 Å². The van der Waals surface area contributed by atoms with E-state index in [1.165, 1.54) is 5.56 Å². The average Bonchev–Trinajstić information content (AvgIpc) is 2.82. The number of carbonyl (C=O) groups is 1. The Hall–Kier alpha value is -1.55. The molecule has 1 amide bonds. The zero-order valence-electron chi connectivity index (χ0n) is 21.8. The van der Waals surface area contributed by atoms with E-state index >= 15 is 0 Å². The first kappa shape index (κ1) is 30.5. The molecule has 0 aromatic heterocycles. The van der Waals surface area contributed by atoms with Crippen molar-refractivity contribution in [3.8, 4) is 6.07 Å². The molecule has 0 radical (unpaired) electrons. The van der Waals surface area contributed by atoms with Crippen molar-refractivity contribution < 1.29 is 56.2 Å². The molecule has 1 heterocycles. The summed E-state index contributed by atoms with van der Waals surface area (Å²) in [5, 5.41) is 8.93. The number of likely N-dealkylation sites (tertiary alicyclic amines) is 1. The Morgan fingerprint density at radius 3 is 2.32 bits per heavy atom. The molecule has 0 aliphatic carbocycles. The summed E-state index contributed by atoms with van der Waals surface area (Å²) in [4.78, 5) is 19.3. The van der Waals surface area contributed by atoms with Crippen LogP contribution >= 0.6 is 0 Å². The summed E-state index contributed by atoms with van der Waals surface area (Å²) in [5.41, 5.74) is 5.22. The third-order valence-corrected chi connectivity index (χ3v) is 5.88. The zero-order chi connectivity index (χ0) is 24.4. The number of nitriles is 1. The van der Waals surface area contributed by atoms with Crippen molar-refractivity contribution in [2.75, 3.05) is 13.1 Å². The topological polar surface area (TPSA) is 56.5 Å². The molecule has 0 spiro atoms. The second-order valence-corrected chi connectivity index (χ2v) is 8.14. The number of hydrogen-bond acceptors (Lipinski definition) is 3. The first-order valence-electron chi connectivity index (χ1n) is 11.9. The summed E-state index contributed by atoms with van der Waals surface area (Å²) in [7, 11) is 0. The third kappa shape index (κ3) is 8.29. The second-order valence-electron chi connectivity index (χ2n) is 8.14. The molecular weight excluding hydrogens is 445 g/mol. The fraction of sp³-hybridized carbons (Fsp3) is 0.414. The molecule has 3 rings (SSSR count). The Labute approximate surface area is 248 Å². The van der Waals surface area contributed by atoms with Gasteiger partial charge < -0.3 is 9.89 Å². The van der Waals surface area contributed by atoms with Gasteiger partial charge in [0.1, 0.15) is 0 Å². The molecule has 0 unspecified atom stereocenters. The van der Waals surface area contributed by atoms with Gasteiger partial charge in [0.2, 0.25) is 5.91 Å². The van der Waals surface area contributed by atoms with Crippen molar-refractivity contribution in [1.82, 2.24) is 4.90 Å². The first-order chi connectivity index (χ1) is 15.9. The number of amides is 1. The van der Waals surface area contributed by atoms with Crippen molar-refractivity contribution in [1.29, 1.82) is 5.26 Å². The number of aliphatic imine (C=N–C) groups is 1. The van der Waals surface area contributed by atoms with Crippen LogP contribution in [0.3, 0.4) is 0 Å². The fourth-order valence-corrected chi connectivity index (χ4v) is 3.64. The van der Waals surface area contributed by atoms with Crippen LogP contribution in [0, 0.1) is 30.2 Å². The maximum absolute atomic E-state index is 13.0. The van der Waals surface area contributed by atoms with Crippen LogP contribution < -0.4 is 51.4 Å². The Kier molecular flexibility index (Phi) is 13.8. The maximum atomic E-state index is 13.0. The molecule has 4 nitrogen and oxygen atoms in total. The van der Waals surface area contributed by atoms with Crippen LogP contribution in [0.2, 0.25) is 0 Å². The number of allylic oxidation sites excluding steroid dienone is 1. The van der Waals surface area contributed by atoms with Gasteiger partial charge in [0.05, 0.1) is 11.6 Å². The largest absolute Gasteiger partial charge is 1.00 e. The van der Waals surface area contributed by atoms with Crippen LogP contribution in [0.1, 0.15) is 86.0 Å². The molecule has 1 aliphatic rings. The summed E-state index contributed by atoms with van der Waals surface area (Å²) >= 11 is 0. The number of hydrogen-bond donors (Lipinski definition) is 0. The third-order valence-electron chi connectivity index (χ3n) is 5.88. The SMILES string of the molecule is CC.CCC([C-]=NC(C)=[C-]c1cc(C(=O)N2CC(c3ccc(C#N)cc3)C2)ccc1C)CC.[K+]. The number of nitrogens with zero attached hydrogens (tertiary/aromatic N) is 3. The van der Waals surface area contributed by atoms with Gasteiger partial charge in [-0.05, 0) is 23.3 Å². The summed E-state index contributed by atoms with van der Waals surface area (Å²) in [5.74, 6) is 0.726. The Morgan fingerprint density at radius 1 is 1.15 bits per heavy atom. The van der Waals surface area contributed by atoms with Gasteiger partial charge in [0.15, 0.2) is 0 Å². The molecule has 0 saturated carbocycles. The molecule has 2 aromatic carbocycles. The van der Waals surface area contributed by atoms with E-state index in [1.54, 1.807) is 0 Å². The minimum Gasteiger partial charge on any atom is -0.473 e. The predicted molar refractivity (Wildman–Crippen MR) is 135 cm³/mol. The van der Waals surface area contributed by atoms with Gasteiger partial charge in [0, 0.05) is 19.0 Å². The first-order valence-corrected chi connectivity index (χ1v) is 11.9. The van der Waals surface area contributed by atoms with Crippen molar-refractivity contribution in [3.05, 3.63) is 82.1 Å². The molecule has 5 heteroatoms. The van der Waals surface area contributed by atoms with E-state index in [4.69, 9.17) is 5.26 Å². The minimum absolute atomic E-state index is 0. The van der Waals surface area contributed by atoms with E-state index in [1.807, 2.05) is 75.1 Å². The smallest absolute Gasteiger partial charge is 0.473 e. The van der Waals surface area contributed by atoms with E-state index in [-0.39, 0.29) is 57.3 Å². The fourth-order valence-electron chi connectivity index (χ4n) is 3.64. The van der Waals surface area contributed by atoms with Crippen LogP contribution in [0.5, 0.6) is 0 Å². The van der Waals surface area contributed by atoms with Crippen LogP contribution in [0.15, 0.2) is 53.2 Å². The van der Waals surface area contributed by atoms with Gasteiger partial charge >= 0.3 is 51.4 Å². The summed E-state index contributed by atoms with van der Waals surface area (Å²) in [6.07, 6.45) is 8.56. The normalized spacial score (nSPS) is 13.6. The minimum atomic E-state index is 0. The summed E-state index contributed by atoms with van der Waals surface area (Å²) < 4.78 is 0. The zero-order valence-corrected chi connectivity index (χ0v) is 24.9. The molecule has 2 aromatic rings. The molecule has 1 saturated heterocycles. The van der Waals surface area contributed by atoms with E-state index in [2.05, 4.69) is 37.2 Å². The summed E-state index contributed by atoms with van der Waals surface area (Å²) in [6.45, 7) is 13.6. The molecular formula is C29H35KN3O-. The molecule has 174 valence electrons. The number of rotatable bonds is 7. The van der Waals surface area contributed by atoms with Crippen LogP contribution in [0.25, 0.3) is 0 Å². The molecule has 0 bridgehead atoms. The average molecular weight is 481 g/mol. The molecule has 0 N–H and O–H groups in total. The standard InChI is InChI=1S/C27H29N3O.C2H6.K/c1-5-21(6-2)16-29-20(4)13-25-14-24(10-7-19(25)3)27(31)30-17-26(18-30)23-11-8-22(15-28)9-12-23;1-2;/h7-12,14,21,26H,5-6,17-18H2,1-4H3;1-2H3;/q-2;;+1. The van der Waals surface area contributed by atoms with Crippen molar-refractivity contribution >= 4 is 12.1 Å². The van der Waals surface area contributed by atoms with Crippen molar-refractivity contribution in [2.45, 2.75) is 60.3 Å². The monoisotopic (exact) mass is 480 g/mol. The molecule has 1 aliphatic heterocycles. The van der Waals surface area contributed by atoms with Gasteiger partial charge in [-0.15, -0.1) is 13.0 Å².